The average Bonchev–Trinajstić information content (AvgIpc) is 2.81. The van der Waals surface area contributed by atoms with Gasteiger partial charge in [0.2, 0.25) is 11.8 Å². The van der Waals surface area contributed by atoms with E-state index >= 15 is 0 Å². The minimum atomic E-state index is -0.800. The summed E-state index contributed by atoms with van der Waals surface area (Å²) in [7, 11) is 0. The highest BCUT2D eigenvalue weighted by Crippen LogP contribution is 2.29. The monoisotopic (exact) mass is 450 g/mol. The van der Waals surface area contributed by atoms with Gasteiger partial charge in [-0.1, -0.05) is 60.7 Å². The van der Waals surface area contributed by atoms with Gasteiger partial charge >= 0.3 is 0 Å². The second-order valence-corrected chi connectivity index (χ2v) is 8.40. The van der Waals surface area contributed by atoms with Crippen molar-refractivity contribution in [2.45, 2.75) is 26.3 Å². The van der Waals surface area contributed by atoms with Crippen LogP contribution in [-0.4, -0.2) is 23.7 Å². The van der Waals surface area contributed by atoms with Gasteiger partial charge in [-0.2, -0.15) is 0 Å². The Balaban J connectivity index is 1.81. The van der Waals surface area contributed by atoms with Crippen LogP contribution in [0.2, 0.25) is 0 Å². The molecule has 1 atom stereocenters. The van der Waals surface area contributed by atoms with Crippen molar-refractivity contribution in [3.8, 4) is 11.5 Å². The van der Waals surface area contributed by atoms with E-state index in [0.717, 1.165) is 5.56 Å². The van der Waals surface area contributed by atoms with E-state index in [1.165, 1.54) is 0 Å². The zero-order valence-electron chi connectivity index (χ0n) is 18.2. The number of carbonyl (C=O) groups excluding carboxylic acids is 2. The Kier molecular flexibility index (Phi) is 7.90. The maximum absolute atomic E-state index is 13.3. The predicted octanol–water partition coefficient (Wildman–Crippen LogP) is 5.41. The van der Waals surface area contributed by atoms with Crippen molar-refractivity contribution in [2.75, 3.05) is 11.2 Å². The molecule has 0 saturated heterocycles. The molecular weight excluding hydrogens is 424 g/mol. The third kappa shape index (κ3) is 6.34. The van der Waals surface area contributed by atoms with Crippen LogP contribution in [0.15, 0.2) is 84.9 Å². The number of amides is 2. The van der Waals surface area contributed by atoms with E-state index in [1.54, 1.807) is 26.0 Å². The summed E-state index contributed by atoms with van der Waals surface area (Å²) in [5.74, 6) is 0.700. The van der Waals surface area contributed by atoms with Crippen LogP contribution < -0.4 is 15.4 Å². The summed E-state index contributed by atoms with van der Waals surface area (Å²) in [6.07, 6.45) is 0.346. The van der Waals surface area contributed by atoms with E-state index in [0.29, 0.717) is 23.6 Å². The molecule has 2 amide bonds. The van der Waals surface area contributed by atoms with Gasteiger partial charge in [-0.15, -0.1) is 11.6 Å². The molecule has 0 aliphatic carbocycles. The molecule has 6 heteroatoms. The SMILES string of the molecule is CC(C)(CCl)C(=O)NC(Cc1ccccc1)C(=O)Nc1ccccc1Oc1ccccc1. The molecule has 0 aliphatic heterocycles. The summed E-state index contributed by atoms with van der Waals surface area (Å²) < 4.78 is 5.94. The number of ether oxygens (including phenoxy) is 1. The number of carbonyl (C=O) groups is 2. The van der Waals surface area contributed by atoms with Crippen molar-refractivity contribution in [2.24, 2.45) is 5.41 Å². The van der Waals surface area contributed by atoms with Gasteiger partial charge in [-0.05, 0) is 43.7 Å². The fraction of sp³-hybridized carbons (Fsp3) is 0.231. The van der Waals surface area contributed by atoms with Crippen molar-refractivity contribution in [3.05, 3.63) is 90.5 Å². The lowest BCUT2D eigenvalue weighted by Gasteiger charge is -2.25. The molecule has 32 heavy (non-hydrogen) atoms. The molecule has 5 nitrogen and oxygen atoms in total. The Morgan fingerprint density at radius 2 is 1.50 bits per heavy atom. The highest BCUT2D eigenvalue weighted by Gasteiger charge is 2.31. The highest BCUT2D eigenvalue weighted by molar-refractivity contribution is 6.20. The molecule has 0 aliphatic rings. The fourth-order valence-electron chi connectivity index (χ4n) is 2.97. The lowest BCUT2D eigenvalue weighted by Crippen LogP contribution is -2.50. The first kappa shape index (κ1) is 23.4. The van der Waals surface area contributed by atoms with Gasteiger partial charge in [0, 0.05) is 12.3 Å². The third-order valence-electron chi connectivity index (χ3n) is 4.97. The number of rotatable bonds is 9. The van der Waals surface area contributed by atoms with E-state index < -0.39 is 11.5 Å². The van der Waals surface area contributed by atoms with Crippen molar-refractivity contribution in [1.82, 2.24) is 5.32 Å². The largest absolute Gasteiger partial charge is 0.455 e. The van der Waals surface area contributed by atoms with E-state index in [-0.39, 0.29) is 17.7 Å². The molecule has 2 N–H and O–H groups in total. The standard InChI is InChI=1S/C26H27ClN2O3/c1-26(2,18-27)25(31)29-22(17-19-11-5-3-6-12-19)24(30)28-21-15-9-10-16-23(21)32-20-13-7-4-8-14-20/h3-16,22H,17-18H2,1-2H3,(H,28,30)(H,29,31). The summed E-state index contributed by atoms with van der Waals surface area (Å²) in [6.45, 7) is 3.49. The third-order valence-corrected chi connectivity index (χ3v) is 5.64. The maximum Gasteiger partial charge on any atom is 0.247 e. The van der Waals surface area contributed by atoms with Gasteiger partial charge in [-0.25, -0.2) is 0 Å². The number of halogens is 1. The van der Waals surface area contributed by atoms with Crippen LogP contribution in [0, 0.1) is 5.41 Å². The number of benzene rings is 3. The zero-order valence-corrected chi connectivity index (χ0v) is 18.9. The van der Waals surface area contributed by atoms with Crippen molar-refractivity contribution in [3.63, 3.8) is 0 Å². The number of alkyl halides is 1. The number of hydrogen-bond donors (Lipinski definition) is 2. The first-order valence-electron chi connectivity index (χ1n) is 10.4. The second-order valence-electron chi connectivity index (χ2n) is 8.13. The van der Waals surface area contributed by atoms with Crippen LogP contribution in [0.1, 0.15) is 19.4 Å². The molecule has 0 fully saturated rings. The number of anilines is 1. The molecule has 0 saturated carbocycles. The van der Waals surface area contributed by atoms with Crippen molar-refractivity contribution >= 4 is 29.1 Å². The van der Waals surface area contributed by atoms with Crippen molar-refractivity contribution < 1.29 is 14.3 Å². The lowest BCUT2D eigenvalue weighted by atomic mass is 9.94. The molecule has 0 heterocycles. The predicted molar refractivity (Wildman–Crippen MR) is 128 cm³/mol. The molecular formula is C26H27ClN2O3. The number of para-hydroxylation sites is 3. The fourth-order valence-corrected chi connectivity index (χ4v) is 3.09. The zero-order chi connectivity index (χ0) is 23.0. The molecule has 0 spiro atoms. The van der Waals surface area contributed by atoms with Gasteiger partial charge in [0.05, 0.1) is 11.1 Å². The minimum absolute atomic E-state index is 0.145. The molecule has 3 rings (SSSR count). The topological polar surface area (TPSA) is 67.4 Å². The van der Waals surface area contributed by atoms with Gasteiger partial charge in [-0.3, -0.25) is 9.59 Å². The van der Waals surface area contributed by atoms with Crippen LogP contribution in [0.25, 0.3) is 0 Å². The average molecular weight is 451 g/mol. The minimum Gasteiger partial charge on any atom is -0.455 e. The quantitative estimate of drug-likeness (QED) is 0.428. The molecule has 3 aromatic rings. The van der Waals surface area contributed by atoms with E-state index in [4.69, 9.17) is 16.3 Å². The summed E-state index contributed by atoms with van der Waals surface area (Å²) in [6, 6.07) is 25.3. The summed E-state index contributed by atoms with van der Waals surface area (Å²) in [5.41, 5.74) is 0.654. The normalized spacial score (nSPS) is 12.0. The van der Waals surface area contributed by atoms with Gasteiger partial charge in [0.1, 0.15) is 11.8 Å². The Labute approximate surface area is 193 Å². The highest BCUT2D eigenvalue weighted by atomic mass is 35.5. The molecule has 166 valence electrons. The smallest absolute Gasteiger partial charge is 0.247 e. The lowest BCUT2D eigenvalue weighted by molar-refractivity contribution is -0.131. The van der Waals surface area contributed by atoms with Crippen LogP contribution in [0.4, 0.5) is 5.69 Å². The van der Waals surface area contributed by atoms with Crippen LogP contribution >= 0.6 is 11.6 Å². The Morgan fingerprint density at radius 1 is 0.906 bits per heavy atom. The molecule has 3 aromatic carbocycles. The van der Waals surface area contributed by atoms with Crippen LogP contribution in [-0.2, 0) is 16.0 Å². The maximum atomic E-state index is 13.3. The van der Waals surface area contributed by atoms with Gasteiger partial charge in [0.25, 0.3) is 0 Å². The molecule has 0 radical (unpaired) electrons. The Bertz CT molecular complexity index is 1040. The summed E-state index contributed by atoms with van der Waals surface area (Å²) in [4.78, 5) is 26.0. The number of nitrogens with one attached hydrogen (secondary N) is 2. The molecule has 0 bridgehead atoms. The van der Waals surface area contributed by atoms with E-state index in [9.17, 15) is 9.59 Å². The van der Waals surface area contributed by atoms with Crippen LogP contribution in [0.5, 0.6) is 11.5 Å². The van der Waals surface area contributed by atoms with Gasteiger partial charge < -0.3 is 15.4 Å². The first-order valence-corrected chi connectivity index (χ1v) is 11.0. The Morgan fingerprint density at radius 3 is 2.16 bits per heavy atom. The van der Waals surface area contributed by atoms with Gasteiger partial charge in [0.15, 0.2) is 5.75 Å². The van der Waals surface area contributed by atoms with Crippen LogP contribution in [0.3, 0.4) is 0 Å². The first-order chi connectivity index (χ1) is 15.4. The number of hydrogen-bond acceptors (Lipinski definition) is 3. The second kappa shape index (κ2) is 10.8. The molecule has 1 unspecified atom stereocenters. The van der Waals surface area contributed by atoms with E-state index in [1.807, 2.05) is 72.8 Å². The van der Waals surface area contributed by atoms with E-state index in [2.05, 4.69) is 10.6 Å². The Hall–Kier alpha value is -3.31. The summed E-state index contributed by atoms with van der Waals surface area (Å²) in [5, 5.41) is 5.78. The molecule has 0 aromatic heterocycles. The van der Waals surface area contributed by atoms with Crippen molar-refractivity contribution in [1.29, 1.82) is 0 Å². The summed E-state index contributed by atoms with van der Waals surface area (Å²) >= 11 is 5.96.